The van der Waals surface area contributed by atoms with Crippen molar-refractivity contribution in [1.82, 2.24) is 4.90 Å². The molecule has 0 saturated heterocycles. The highest BCUT2D eigenvalue weighted by atomic mass is 16.5. The van der Waals surface area contributed by atoms with Crippen LogP contribution in [0.15, 0.2) is 48.5 Å². The van der Waals surface area contributed by atoms with Crippen LogP contribution in [0.1, 0.15) is 22.8 Å². The Morgan fingerprint density at radius 2 is 1.89 bits per heavy atom. The molecule has 6 heteroatoms. The lowest BCUT2D eigenvalue weighted by molar-refractivity contribution is 0.0525. The molecule has 1 N–H and O–H groups in total. The van der Waals surface area contributed by atoms with Crippen LogP contribution >= 0.6 is 0 Å². The minimum Gasteiger partial charge on any atom is -0.497 e. The van der Waals surface area contributed by atoms with Gasteiger partial charge in [-0.15, -0.1) is 0 Å². The van der Waals surface area contributed by atoms with Gasteiger partial charge in [0.05, 0.1) is 19.3 Å². The molecule has 0 fully saturated rings. The maximum absolute atomic E-state index is 11.6. The summed E-state index contributed by atoms with van der Waals surface area (Å²) in [7, 11) is 3.58. The molecule has 0 aliphatic heterocycles. The number of rotatable bonds is 10. The lowest BCUT2D eigenvalue weighted by Gasteiger charge is -2.21. The molecule has 0 bridgehead atoms. The van der Waals surface area contributed by atoms with Crippen LogP contribution in [0.2, 0.25) is 0 Å². The molecule has 27 heavy (non-hydrogen) atoms. The number of methoxy groups -OCH3 is 1. The zero-order chi connectivity index (χ0) is 19.6. The van der Waals surface area contributed by atoms with Crippen molar-refractivity contribution in [3.05, 3.63) is 59.7 Å². The number of likely N-dealkylation sites (N-methyl/N-ethyl adjacent to an activating group) is 1. The summed E-state index contributed by atoms with van der Waals surface area (Å²) < 4.78 is 15.8. The van der Waals surface area contributed by atoms with Gasteiger partial charge in [-0.05, 0) is 55.9 Å². The fraction of sp³-hybridized carbons (Fsp3) is 0.381. The van der Waals surface area contributed by atoms with E-state index in [0.29, 0.717) is 31.0 Å². The van der Waals surface area contributed by atoms with Gasteiger partial charge in [-0.3, -0.25) is 4.90 Å². The molecule has 0 aromatic heterocycles. The zero-order valence-electron chi connectivity index (χ0n) is 16.1. The van der Waals surface area contributed by atoms with Crippen molar-refractivity contribution < 1.29 is 24.1 Å². The monoisotopic (exact) mass is 373 g/mol. The van der Waals surface area contributed by atoms with Crippen molar-refractivity contribution in [2.24, 2.45) is 0 Å². The van der Waals surface area contributed by atoms with E-state index in [9.17, 15) is 9.90 Å². The van der Waals surface area contributed by atoms with E-state index in [-0.39, 0.29) is 12.6 Å². The van der Waals surface area contributed by atoms with Crippen molar-refractivity contribution >= 4 is 5.97 Å². The Kier molecular flexibility index (Phi) is 8.10. The van der Waals surface area contributed by atoms with Gasteiger partial charge in [0.1, 0.15) is 24.2 Å². The molecule has 0 heterocycles. The van der Waals surface area contributed by atoms with E-state index < -0.39 is 6.10 Å². The summed E-state index contributed by atoms with van der Waals surface area (Å²) in [6, 6.07) is 14.5. The van der Waals surface area contributed by atoms with Gasteiger partial charge in [0.15, 0.2) is 0 Å². The summed E-state index contributed by atoms with van der Waals surface area (Å²) in [6.45, 7) is 3.44. The van der Waals surface area contributed by atoms with Crippen molar-refractivity contribution in [3.8, 4) is 11.5 Å². The number of esters is 1. The maximum Gasteiger partial charge on any atom is 0.338 e. The average Bonchev–Trinajstić information content (AvgIpc) is 2.67. The molecule has 2 rings (SSSR count). The summed E-state index contributed by atoms with van der Waals surface area (Å²) in [5.41, 5.74) is 1.59. The molecule has 1 atom stereocenters. The van der Waals surface area contributed by atoms with Gasteiger partial charge in [-0.1, -0.05) is 12.1 Å². The van der Waals surface area contributed by atoms with Crippen LogP contribution in [0.3, 0.4) is 0 Å². The van der Waals surface area contributed by atoms with Crippen molar-refractivity contribution in [2.45, 2.75) is 19.6 Å². The first kappa shape index (κ1) is 20.7. The minimum atomic E-state index is -0.634. The summed E-state index contributed by atoms with van der Waals surface area (Å²) in [6.07, 6.45) is -0.634. The average molecular weight is 373 g/mol. The Bertz CT molecular complexity index is 717. The van der Waals surface area contributed by atoms with Crippen molar-refractivity contribution in [3.63, 3.8) is 0 Å². The standard InChI is InChI=1S/C21H27NO5/c1-4-26-21(24)17-8-10-19(11-9-17)27-15-18(23)14-22(2)13-16-6-5-7-20(12-16)25-3/h5-12,18,23H,4,13-15H2,1-3H3/t18-/m1/s1. The number of hydrogen-bond donors (Lipinski definition) is 1. The maximum atomic E-state index is 11.6. The Hall–Kier alpha value is -2.57. The molecular weight excluding hydrogens is 346 g/mol. The highest BCUT2D eigenvalue weighted by Crippen LogP contribution is 2.15. The largest absolute Gasteiger partial charge is 0.497 e. The quantitative estimate of drug-likeness (QED) is 0.646. The van der Waals surface area contributed by atoms with Gasteiger partial charge in [0.25, 0.3) is 0 Å². The van der Waals surface area contributed by atoms with Crippen LogP contribution in [0.5, 0.6) is 11.5 Å². The van der Waals surface area contributed by atoms with E-state index >= 15 is 0 Å². The summed E-state index contributed by atoms with van der Waals surface area (Å²) >= 11 is 0. The van der Waals surface area contributed by atoms with Crippen molar-refractivity contribution in [1.29, 1.82) is 0 Å². The minimum absolute atomic E-state index is 0.168. The second-order valence-corrected chi connectivity index (χ2v) is 6.26. The van der Waals surface area contributed by atoms with E-state index in [4.69, 9.17) is 14.2 Å². The fourth-order valence-corrected chi connectivity index (χ4v) is 2.65. The molecule has 2 aromatic carbocycles. The Morgan fingerprint density at radius 1 is 1.15 bits per heavy atom. The van der Waals surface area contributed by atoms with Crippen LogP contribution in [-0.2, 0) is 11.3 Å². The van der Waals surface area contributed by atoms with E-state index in [1.54, 1.807) is 38.3 Å². The van der Waals surface area contributed by atoms with Gasteiger partial charge in [-0.2, -0.15) is 0 Å². The van der Waals surface area contributed by atoms with E-state index in [2.05, 4.69) is 0 Å². The fourth-order valence-electron chi connectivity index (χ4n) is 2.65. The molecule has 0 radical (unpaired) electrons. The molecular formula is C21H27NO5. The Balaban J connectivity index is 1.78. The molecule has 146 valence electrons. The topological polar surface area (TPSA) is 68.2 Å². The third-order valence-corrected chi connectivity index (χ3v) is 3.92. The highest BCUT2D eigenvalue weighted by molar-refractivity contribution is 5.89. The predicted octanol–water partition coefficient (Wildman–Crippen LogP) is 2.74. The molecule has 0 aliphatic carbocycles. The molecule has 0 unspecified atom stereocenters. The number of hydrogen-bond acceptors (Lipinski definition) is 6. The van der Waals surface area contributed by atoms with Gasteiger partial charge < -0.3 is 19.3 Å². The lowest BCUT2D eigenvalue weighted by atomic mass is 10.2. The number of ether oxygens (including phenoxy) is 3. The molecule has 0 saturated carbocycles. The van der Waals surface area contributed by atoms with Crippen molar-refractivity contribution in [2.75, 3.05) is 33.9 Å². The molecule has 6 nitrogen and oxygen atoms in total. The molecule has 2 aromatic rings. The molecule has 0 amide bonds. The number of aliphatic hydroxyl groups is 1. The number of benzene rings is 2. The SMILES string of the molecule is CCOC(=O)c1ccc(OC[C@H](O)CN(C)Cc2cccc(OC)c2)cc1. The summed E-state index contributed by atoms with van der Waals surface area (Å²) in [5, 5.41) is 10.2. The smallest absolute Gasteiger partial charge is 0.338 e. The number of carbonyl (C=O) groups is 1. The highest BCUT2D eigenvalue weighted by Gasteiger charge is 2.11. The molecule has 0 spiro atoms. The van der Waals surface area contributed by atoms with E-state index in [1.807, 2.05) is 36.2 Å². The lowest BCUT2D eigenvalue weighted by Crippen LogP contribution is -2.32. The van der Waals surface area contributed by atoms with Crippen LogP contribution in [0.25, 0.3) is 0 Å². The first-order chi connectivity index (χ1) is 13.0. The van der Waals surface area contributed by atoms with Gasteiger partial charge >= 0.3 is 5.97 Å². The second-order valence-electron chi connectivity index (χ2n) is 6.26. The Labute approximate surface area is 160 Å². The first-order valence-electron chi connectivity index (χ1n) is 8.91. The van der Waals surface area contributed by atoms with E-state index in [1.165, 1.54) is 0 Å². The number of nitrogens with zero attached hydrogens (tertiary/aromatic N) is 1. The zero-order valence-corrected chi connectivity index (χ0v) is 16.1. The normalized spacial score (nSPS) is 11.9. The third-order valence-electron chi connectivity index (χ3n) is 3.92. The molecule has 0 aliphatic rings. The van der Waals surface area contributed by atoms with Gasteiger partial charge in [0, 0.05) is 13.1 Å². The van der Waals surface area contributed by atoms with Crippen LogP contribution in [-0.4, -0.2) is 56.0 Å². The first-order valence-corrected chi connectivity index (χ1v) is 8.91. The summed E-state index contributed by atoms with van der Waals surface area (Å²) in [4.78, 5) is 13.6. The number of carbonyl (C=O) groups excluding carboxylic acids is 1. The Morgan fingerprint density at radius 3 is 2.56 bits per heavy atom. The predicted molar refractivity (Wildman–Crippen MR) is 103 cm³/mol. The van der Waals surface area contributed by atoms with Crippen LogP contribution in [0, 0.1) is 0 Å². The van der Waals surface area contributed by atoms with Gasteiger partial charge in [-0.25, -0.2) is 4.79 Å². The van der Waals surface area contributed by atoms with Crippen LogP contribution < -0.4 is 9.47 Å². The van der Waals surface area contributed by atoms with E-state index in [0.717, 1.165) is 11.3 Å². The van der Waals surface area contributed by atoms with Gasteiger partial charge in [0.2, 0.25) is 0 Å². The summed E-state index contributed by atoms with van der Waals surface area (Å²) in [5.74, 6) is 1.05. The van der Waals surface area contributed by atoms with Crippen LogP contribution in [0.4, 0.5) is 0 Å². The number of aliphatic hydroxyl groups excluding tert-OH is 1. The second kappa shape index (κ2) is 10.5. The third kappa shape index (κ3) is 6.92.